The maximum Gasteiger partial charge on any atom is 0.189 e. The lowest BCUT2D eigenvalue weighted by atomic mass is 10.1. The second-order valence-corrected chi connectivity index (χ2v) is 11.9. The molecule has 0 bridgehead atoms. The smallest absolute Gasteiger partial charge is 0.189 e. The fourth-order valence-electron chi connectivity index (χ4n) is 4.26. The number of nitrogen functional groups attached to an aromatic ring is 1. The van der Waals surface area contributed by atoms with E-state index in [1.54, 1.807) is 43.5 Å². The van der Waals surface area contributed by atoms with Crippen LogP contribution in [-0.4, -0.2) is 48.0 Å². The maximum atomic E-state index is 12.6. The Bertz CT molecular complexity index is 1500. The summed E-state index contributed by atoms with van der Waals surface area (Å²) in [6, 6.07) is 17.0. The second kappa shape index (κ2) is 11.0. The van der Waals surface area contributed by atoms with Gasteiger partial charge >= 0.3 is 0 Å². The first-order valence-electron chi connectivity index (χ1n) is 12.7. The Morgan fingerprint density at radius 2 is 1.79 bits per heavy atom. The number of ether oxygens (including phenoxy) is 1. The van der Waals surface area contributed by atoms with Crippen LogP contribution in [0.5, 0.6) is 0 Å². The molecule has 1 unspecified atom stereocenters. The summed E-state index contributed by atoms with van der Waals surface area (Å²) in [4.78, 5) is 9.22. The highest BCUT2D eigenvalue weighted by Crippen LogP contribution is 2.30. The van der Waals surface area contributed by atoms with Gasteiger partial charge in [0.2, 0.25) is 0 Å². The van der Waals surface area contributed by atoms with E-state index in [9.17, 15) is 8.42 Å². The normalized spacial score (nSPS) is 16.5. The van der Waals surface area contributed by atoms with Crippen molar-refractivity contribution < 1.29 is 17.7 Å². The highest BCUT2D eigenvalue weighted by Gasteiger charge is 2.22. The molecule has 0 spiro atoms. The highest BCUT2D eigenvalue weighted by atomic mass is 32.2. The molecule has 2 aromatic heterocycles. The maximum absolute atomic E-state index is 12.6. The number of nitrogens with zero attached hydrogens (tertiary/aromatic N) is 3. The van der Waals surface area contributed by atoms with Crippen LogP contribution in [0.2, 0.25) is 0 Å². The predicted molar refractivity (Wildman–Crippen MR) is 146 cm³/mol. The molecule has 4 aromatic rings. The molecule has 1 aliphatic heterocycles. The Balaban J connectivity index is 1.33. The van der Waals surface area contributed by atoms with Crippen LogP contribution in [0.4, 0.5) is 5.82 Å². The van der Waals surface area contributed by atoms with Crippen molar-refractivity contribution in [2.75, 3.05) is 18.9 Å². The average Bonchev–Trinajstić information content (AvgIpc) is 3.65. The van der Waals surface area contributed by atoms with E-state index in [0.29, 0.717) is 35.3 Å². The molecule has 5 rings (SSSR count). The van der Waals surface area contributed by atoms with Crippen molar-refractivity contribution in [1.29, 1.82) is 0 Å². The van der Waals surface area contributed by atoms with Gasteiger partial charge in [0.1, 0.15) is 5.69 Å². The summed E-state index contributed by atoms with van der Waals surface area (Å²) >= 11 is 0. The lowest BCUT2D eigenvalue weighted by Gasteiger charge is -2.11. The zero-order chi connectivity index (χ0) is 26.7. The lowest BCUT2D eigenvalue weighted by Crippen LogP contribution is -2.28. The van der Waals surface area contributed by atoms with Gasteiger partial charge in [-0.2, -0.15) is 0 Å². The molecule has 2 atom stereocenters. The van der Waals surface area contributed by atoms with E-state index in [2.05, 4.69) is 32.6 Å². The van der Waals surface area contributed by atoms with Crippen molar-refractivity contribution in [1.82, 2.24) is 20.4 Å². The SMILES string of the molecule is CCC(C)S(=O)(=O)c1ccc(-c2cnc(N)c(-c3cc(-c4ccc(CN[C@@H]5CCOC5)cc4)no3)n2)cc1. The minimum atomic E-state index is -3.37. The lowest BCUT2D eigenvalue weighted by molar-refractivity contribution is 0.190. The number of nitrogens with two attached hydrogens (primary N) is 1. The number of anilines is 1. The first kappa shape index (κ1) is 26.0. The van der Waals surface area contributed by atoms with Gasteiger partial charge in [-0.1, -0.05) is 48.5 Å². The third-order valence-corrected chi connectivity index (χ3v) is 9.22. The van der Waals surface area contributed by atoms with Crippen LogP contribution in [0.15, 0.2) is 70.2 Å². The quantitative estimate of drug-likeness (QED) is 0.319. The summed E-state index contributed by atoms with van der Waals surface area (Å²) in [5.74, 6) is 0.611. The molecule has 0 aliphatic carbocycles. The Kier molecular flexibility index (Phi) is 7.55. The third-order valence-electron chi connectivity index (χ3n) is 6.90. The predicted octanol–water partition coefficient (Wildman–Crippen LogP) is 4.50. The molecule has 1 fully saturated rings. The van der Waals surface area contributed by atoms with E-state index in [1.165, 1.54) is 5.56 Å². The van der Waals surface area contributed by atoms with Gasteiger partial charge in [-0.05, 0) is 37.5 Å². The molecule has 198 valence electrons. The topological polar surface area (TPSA) is 133 Å². The van der Waals surface area contributed by atoms with Gasteiger partial charge < -0.3 is 20.3 Å². The van der Waals surface area contributed by atoms with Crippen molar-refractivity contribution in [3.8, 4) is 34.0 Å². The van der Waals surface area contributed by atoms with E-state index < -0.39 is 15.1 Å². The summed E-state index contributed by atoms with van der Waals surface area (Å²) in [6.07, 6.45) is 3.14. The van der Waals surface area contributed by atoms with Gasteiger partial charge in [-0.25, -0.2) is 18.4 Å². The fourth-order valence-corrected chi connectivity index (χ4v) is 5.68. The van der Waals surface area contributed by atoms with E-state index in [4.69, 9.17) is 15.0 Å². The van der Waals surface area contributed by atoms with Gasteiger partial charge in [0.25, 0.3) is 0 Å². The van der Waals surface area contributed by atoms with Gasteiger partial charge in [-0.15, -0.1) is 0 Å². The zero-order valence-electron chi connectivity index (χ0n) is 21.4. The second-order valence-electron chi connectivity index (χ2n) is 9.49. The van der Waals surface area contributed by atoms with E-state index in [0.717, 1.165) is 37.3 Å². The van der Waals surface area contributed by atoms with Gasteiger partial charge in [-0.3, -0.25) is 0 Å². The number of hydrogen-bond acceptors (Lipinski definition) is 9. The molecular weight excluding hydrogens is 502 g/mol. The summed E-state index contributed by atoms with van der Waals surface area (Å²) in [6.45, 7) is 5.93. The van der Waals surface area contributed by atoms with Gasteiger partial charge in [0.05, 0.1) is 28.6 Å². The standard InChI is InChI=1S/C28H31N5O4S/c1-3-18(2)38(34,35)23-10-8-21(9-11-23)25-16-31-28(29)27(32-25)26-14-24(33-37-26)20-6-4-19(5-7-20)15-30-22-12-13-36-17-22/h4-11,14,16,18,22,30H,3,12-13,15,17H2,1-2H3,(H2,29,31)/t18?,22-/m1/s1. The van der Waals surface area contributed by atoms with Crippen molar-refractivity contribution in [2.45, 2.75) is 49.4 Å². The first-order valence-corrected chi connectivity index (χ1v) is 14.2. The summed E-state index contributed by atoms with van der Waals surface area (Å²) in [5.41, 5.74) is 10.5. The van der Waals surface area contributed by atoms with Crippen LogP contribution in [0.1, 0.15) is 32.3 Å². The largest absolute Gasteiger partial charge is 0.382 e. The Morgan fingerprint density at radius 3 is 2.47 bits per heavy atom. The Morgan fingerprint density at radius 1 is 1.08 bits per heavy atom. The molecule has 0 amide bonds. The van der Waals surface area contributed by atoms with Gasteiger partial charge in [0.15, 0.2) is 27.1 Å². The van der Waals surface area contributed by atoms with Crippen LogP contribution in [-0.2, 0) is 21.1 Å². The number of benzene rings is 2. The van der Waals surface area contributed by atoms with Crippen LogP contribution in [0.3, 0.4) is 0 Å². The summed E-state index contributed by atoms with van der Waals surface area (Å²) < 4.78 is 36.3. The molecule has 3 heterocycles. The number of aromatic nitrogens is 3. The molecule has 1 saturated heterocycles. The Labute approximate surface area is 222 Å². The van der Waals surface area contributed by atoms with Crippen molar-refractivity contribution >= 4 is 15.7 Å². The van der Waals surface area contributed by atoms with Crippen molar-refractivity contribution in [3.05, 3.63) is 66.4 Å². The van der Waals surface area contributed by atoms with E-state index >= 15 is 0 Å². The molecular formula is C28H31N5O4S. The highest BCUT2D eigenvalue weighted by molar-refractivity contribution is 7.92. The first-order chi connectivity index (χ1) is 18.3. The number of sulfone groups is 1. The molecule has 1 aliphatic rings. The summed E-state index contributed by atoms with van der Waals surface area (Å²) in [5, 5.41) is 7.27. The molecule has 10 heteroatoms. The van der Waals surface area contributed by atoms with Crippen LogP contribution in [0.25, 0.3) is 34.0 Å². The molecule has 3 N–H and O–H groups in total. The van der Waals surface area contributed by atoms with Gasteiger partial charge in [0, 0.05) is 36.4 Å². The number of hydrogen-bond donors (Lipinski definition) is 2. The van der Waals surface area contributed by atoms with Crippen LogP contribution < -0.4 is 11.1 Å². The Hall–Kier alpha value is -3.60. The number of nitrogens with one attached hydrogen (secondary N) is 1. The van der Waals surface area contributed by atoms with E-state index in [-0.39, 0.29) is 10.7 Å². The summed E-state index contributed by atoms with van der Waals surface area (Å²) in [7, 11) is -3.37. The molecule has 0 saturated carbocycles. The molecule has 38 heavy (non-hydrogen) atoms. The zero-order valence-corrected chi connectivity index (χ0v) is 22.2. The third kappa shape index (κ3) is 5.47. The molecule has 9 nitrogen and oxygen atoms in total. The monoisotopic (exact) mass is 533 g/mol. The van der Waals surface area contributed by atoms with Crippen LogP contribution >= 0.6 is 0 Å². The van der Waals surface area contributed by atoms with Crippen molar-refractivity contribution in [2.24, 2.45) is 0 Å². The molecule has 2 aromatic carbocycles. The average molecular weight is 534 g/mol. The minimum Gasteiger partial charge on any atom is -0.382 e. The van der Waals surface area contributed by atoms with Crippen molar-refractivity contribution in [3.63, 3.8) is 0 Å². The minimum absolute atomic E-state index is 0.213. The van der Waals surface area contributed by atoms with E-state index in [1.807, 2.05) is 19.1 Å². The number of rotatable bonds is 9. The molecule has 0 radical (unpaired) electrons. The fraction of sp³-hybridized carbons (Fsp3) is 0.321. The van der Waals surface area contributed by atoms with Crippen LogP contribution in [0, 0.1) is 0 Å².